The maximum atomic E-state index is 11.7. The van der Waals surface area contributed by atoms with Crippen LogP contribution in [0.4, 0.5) is 4.79 Å². The highest BCUT2D eigenvalue weighted by molar-refractivity contribution is 5.84. The predicted molar refractivity (Wildman–Crippen MR) is 108 cm³/mol. The second kappa shape index (κ2) is 11.4. The zero-order valence-corrected chi connectivity index (χ0v) is 15.0. The second-order valence-electron chi connectivity index (χ2n) is 5.20. The molecule has 2 N–H and O–H groups in total. The van der Waals surface area contributed by atoms with Gasteiger partial charge in [-0.2, -0.15) is 10.2 Å². The zero-order chi connectivity index (χ0) is 20.0. The molecule has 2 rings (SSSR count). The van der Waals surface area contributed by atoms with Crippen molar-refractivity contribution in [1.29, 1.82) is 0 Å². The molecule has 7 heteroatoms. The van der Waals surface area contributed by atoms with E-state index in [2.05, 4.69) is 32.9 Å². The second-order valence-corrected chi connectivity index (χ2v) is 5.20. The first-order chi connectivity index (χ1) is 13.7. The van der Waals surface area contributed by atoms with Crippen molar-refractivity contribution in [3.05, 3.63) is 59.7 Å². The Balaban J connectivity index is 1.81. The normalized spacial score (nSPS) is 10.2. The summed E-state index contributed by atoms with van der Waals surface area (Å²) in [7, 11) is 0. The predicted octanol–water partition coefficient (Wildman–Crippen LogP) is 2.38. The number of carbonyl (C=O) groups is 1. The van der Waals surface area contributed by atoms with Gasteiger partial charge in [-0.3, -0.25) is 0 Å². The number of benzene rings is 2. The summed E-state index contributed by atoms with van der Waals surface area (Å²) < 4.78 is 10.6. The van der Waals surface area contributed by atoms with Crippen LogP contribution in [0, 0.1) is 24.7 Å². The zero-order valence-electron chi connectivity index (χ0n) is 15.0. The number of ether oxygens (including phenoxy) is 2. The topological polar surface area (TPSA) is 84.3 Å². The van der Waals surface area contributed by atoms with Crippen molar-refractivity contribution < 1.29 is 14.3 Å². The van der Waals surface area contributed by atoms with Gasteiger partial charge in [0.05, 0.1) is 12.4 Å². The van der Waals surface area contributed by atoms with Crippen LogP contribution in [-0.2, 0) is 0 Å². The van der Waals surface area contributed by atoms with Crippen LogP contribution in [-0.4, -0.2) is 31.7 Å². The van der Waals surface area contributed by atoms with E-state index >= 15 is 0 Å². The van der Waals surface area contributed by atoms with E-state index in [-0.39, 0.29) is 13.2 Å². The molecule has 0 radical (unpaired) electrons. The number of hydrogen-bond donors (Lipinski definition) is 2. The van der Waals surface area contributed by atoms with E-state index in [9.17, 15) is 4.79 Å². The highest BCUT2D eigenvalue weighted by Crippen LogP contribution is 2.12. The molecule has 0 atom stereocenters. The smallest absolute Gasteiger partial charge is 0.355 e. The first-order valence-corrected chi connectivity index (χ1v) is 8.16. The summed E-state index contributed by atoms with van der Waals surface area (Å²) in [4.78, 5) is 11.7. The maximum Gasteiger partial charge on any atom is 0.355 e. The Morgan fingerprint density at radius 2 is 1.36 bits per heavy atom. The Kier molecular flexibility index (Phi) is 8.18. The van der Waals surface area contributed by atoms with Gasteiger partial charge in [0, 0.05) is 0 Å². The van der Waals surface area contributed by atoms with Crippen LogP contribution in [0.3, 0.4) is 0 Å². The number of hydrazone groups is 2. The lowest BCUT2D eigenvalue weighted by molar-refractivity contribution is 0.242. The Bertz CT molecular complexity index is 864. The van der Waals surface area contributed by atoms with E-state index in [0.717, 1.165) is 11.1 Å². The molecule has 7 nitrogen and oxygen atoms in total. The monoisotopic (exact) mass is 374 g/mol. The molecule has 0 spiro atoms. The molecule has 0 heterocycles. The summed E-state index contributed by atoms with van der Waals surface area (Å²) in [5, 5.41) is 7.68. The summed E-state index contributed by atoms with van der Waals surface area (Å²) >= 11 is 0. The van der Waals surface area contributed by atoms with Crippen LogP contribution in [0.1, 0.15) is 11.1 Å². The quantitative estimate of drug-likeness (QED) is 0.423. The summed E-state index contributed by atoms with van der Waals surface area (Å²) in [6, 6.07) is 13.6. The third-order valence-corrected chi connectivity index (χ3v) is 3.12. The Morgan fingerprint density at radius 1 is 0.893 bits per heavy atom. The fraction of sp³-hybridized carbons (Fsp3) is 0.0952. The van der Waals surface area contributed by atoms with Crippen LogP contribution in [0.15, 0.2) is 58.7 Å². The molecule has 0 aromatic heterocycles. The van der Waals surface area contributed by atoms with Gasteiger partial charge in [-0.25, -0.2) is 15.6 Å². The fourth-order valence-electron chi connectivity index (χ4n) is 1.98. The van der Waals surface area contributed by atoms with E-state index in [1.807, 2.05) is 0 Å². The third-order valence-electron chi connectivity index (χ3n) is 3.12. The highest BCUT2D eigenvalue weighted by atomic mass is 16.5. The van der Waals surface area contributed by atoms with Crippen molar-refractivity contribution in [3.63, 3.8) is 0 Å². The van der Waals surface area contributed by atoms with Gasteiger partial charge in [-0.05, 0) is 35.4 Å². The molecule has 2 aromatic rings. The molecule has 2 aromatic carbocycles. The largest absolute Gasteiger partial charge is 0.481 e. The van der Waals surface area contributed by atoms with Gasteiger partial charge in [0.1, 0.15) is 24.7 Å². The lowest BCUT2D eigenvalue weighted by Gasteiger charge is -2.03. The minimum absolute atomic E-state index is 0.179. The van der Waals surface area contributed by atoms with Crippen molar-refractivity contribution in [1.82, 2.24) is 10.9 Å². The molecule has 140 valence electrons. The van der Waals surface area contributed by atoms with E-state index in [1.54, 1.807) is 48.5 Å². The number of urea groups is 1. The first-order valence-electron chi connectivity index (χ1n) is 8.16. The maximum absolute atomic E-state index is 11.7. The molecular weight excluding hydrogens is 356 g/mol. The average Bonchev–Trinajstić information content (AvgIpc) is 2.71. The molecule has 0 fully saturated rings. The van der Waals surface area contributed by atoms with Crippen LogP contribution >= 0.6 is 0 Å². The first kappa shape index (κ1) is 20.1. The number of rotatable bonds is 8. The van der Waals surface area contributed by atoms with Gasteiger partial charge < -0.3 is 9.47 Å². The van der Waals surface area contributed by atoms with Gasteiger partial charge >= 0.3 is 6.03 Å². The molecule has 0 bridgehead atoms. The van der Waals surface area contributed by atoms with Gasteiger partial charge in [0.2, 0.25) is 0 Å². The fourth-order valence-corrected chi connectivity index (χ4v) is 1.98. The van der Waals surface area contributed by atoms with Gasteiger partial charge in [0.15, 0.2) is 0 Å². The lowest BCUT2D eigenvalue weighted by Crippen LogP contribution is -2.28. The summed E-state index contributed by atoms with van der Waals surface area (Å²) in [5.41, 5.74) is 6.09. The number of terminal acetylenes is 2. The lowest BCUT2D eigenvalue weighted by atomic mass is 10.2. The third kappa shape index (κ3) is 7.34. The van der Waals surface area contributed by atoms with Crippen molar-refractivity contribution in [2.24, 2.45) is 10.2 Å². The minimum atomic E-state index is -0.591. The molecule has 0 saturated heterocycles. The van der Waals surface area contributed by atoms with Crippen LogP contribution in [0.5, 0.6) is 11.5 Å². The number of amides is 2. The van der Waals surface area contributed by atoms with E-state index in [1.165, 1.54) is 12.4 Å². The summed E-state index contributed by atoms with van der Waals surface area (Å²) in [5.74, 6) is 6.01. The van der Waals surface area contributed by atoms with Gasteiger partial charge in [-0.1, -0.05) is 36.1 Å². The summed E-state index contributed by atoms with van der Waals surface area (Å²) in [6.45, 7) is 0.358. The van der Waals surface area contributed by atoms with Crippen LogP contribution in [0.2, 0.25) is 0 Å². The van der Waals surface area contributed by atoms with Crippen molar-refractivity contribution in [2.75, 3.05) is 13.2 Å². The summed E-state index contributed by atoms with van der Waals surface area (Å²) in [6.07, 6.45) is 13.2. The molecule has 28 heavy (non-hydrogen) atoms. The van der Waals surface area contributed by atoms with Crippen LogP contribution in [0.25, 0.3) is 0 Å². The average molecular weight is 374 g/mol. The van der Waals surface area contributed by atoms with E-state index < -0.39 is 6.03 Å². The van der Waals surface area contributed by atoms with Crippen molar-refractivity contribution in [3.8, 4) is 36.2 Å². The van der Waals surface area contributed by atoms with Crippen molar-refractivity contribution >= 4 is 18.5 Å². The standard InChI is InChI=1S/C21H18N4O3/c1-3-11-27-19-9-5-7-17(13-19)15-22-24-21(26)25-23-16-18-8-6-10-20(14-18)28-12-4-2/h1-2,5-10,13-16H,11-12H2,(H2,24,25,26). The minimum Gasteiger partial charge on any atom is -0.481 e. The Morgan fingerprint density at radius 3 is 1.79 bits per heavy atom. The number of nitrogens with one attached hydrogen (secondary N) is 2. The molecular formula is C21H18N4O3. The number of carbonyl (C=O) groups excluding carboxylic acids is 1. The SMILES string of the molecule is C#CCOc1cccc(C=NNC(=O)NN=Cc2cccc(OCC#C)c2)c1. The number of hydrogen-bond acceptors (Lipinski definition) is 5. The molecule has 0 unspecified atom stereocenters. The number of nitrogens with zero attached hydrogens (tertiary/aromatic N) is 2. The Labute approximate surface area is 163 Å². The Hall–Kier alpha value is -4.23. The molecule has 0 aliphatic carbocycles. The molecule has 2 amide bonds. The van der Waals surface area contributed by atoms with Crippen LogP contribution < -0.4 is 20.3 Å². The van der Waals surface area contributed by atoms with Gasteiger partial charge in [0.25, 0.3) is 0 Å². The van der Waals surface area contributed by atoms with Gasteiger partial charge in [-0.15, -0.1) is 12.8 Å². The molecule has 0 saturated carbocycles. The van der Waals surface area contributed by atoms with Crippen molar-refractivity contribution in [2.45, 2.75) is 0 Å². The van der Waals surface area contributed by atoms with E-state index in [0.29, 0.717) is 11.5 Å². The van der Waals surface area contributed by atoms with E-state index in [4.69, 9.17) is 22.3 Å². The molecule has 0 aliphatic rings. The molecule has 0 aliphatic heterocycles. The highest BCUT2D eigenvalue weighted by Gasteiger charge is 1.97.